The van der Waals surface area contributed by atoms with Crippen LogP contribution in [0.3, 0.4) is 0 Å². The SMILES string of the molecule is CC(C)C(=O)N(CC(=O)Nc1ccon1)C1CC1. The minimum atomic E-state index is -0.246. The lowest BCUT2D eigenvalue weighted by molar-refractivity contribution is -0.138. The Balaban J connectivity index is 1.92. The van der Waals surface area contributed by atoms with Crippen molar-refractivity contribution in [2.45, 2.75) is 32.7 Å². The van der Waals surface area contributed by atoms with E-state index in [9.17, 15) is 9.59 Å². The highest BCUT2D eigenvalue weighted by Crippen LogP contribution is 2.27. The second-order valence-corrected chi connectivity index (χ2v) is 4.78. The molecule has 1 fully saturated rings. The maximum Gasteiger partial charge on any atom is 0.245 e. The number of hydrogen-bond donors (Lipinski definition) is 1. The summed E-state index contributed by atoms with van der Waals surface area (Å²) in [7, 11) is 0. The first-order valence-electron chi connectivity index (χ1n) is 6.08. The van der Waals surface area contributed by atoms with Gasteiger partial charge in [-0.25, -0.2) is 0 Å². The normalized spacial score (nSPS) is 14.6. The lowest BCUT2D eigenvalue weighted by Gasteiger charge is -2.23. The molecule has 0 saturated heterocycles. The van der Waals surface area contributed by atoms with Gasteiger partial charge in [-0.15, -0.1) is 0 Å². The fraction of sp³-hybridized carbons (Fsp3) is 0.583. The Kier molecular flexibility index (Phi) is 3.64. The highest BCUT2D eigenvalue weighted by molar-refractivity contribution is 5.94. The van der Waals surface area contributed by atoms with Crippen LogP contribution in [0.5, 0.6) is 0 Å². The Morgan fingerprint density at radius 1 is 1.56 bits per heavy atom. The molecule has 1 heterocycles. The Morgan fingerprint density at radius 2 is 2.28 bits per heavy atom. The van der Waals surface area contributed by atoms with Gasteiger partial charge < -0.3 is 14.7 Å². The average Bonchev–Trinajstić information content (AvgIpc) is 3.04. The summed E-state index contributed by atoms with van der Waals surface area (Å²) in [5.74, 6) is 0.0517. The molecule has 1 aromatic heterocycles. The molecule has 0 bridgehead atoms. The van der Waals surface area contributed by atoms with Crippen LogP contribution in [-0.4, -0.2) is 34.5 Å². The number of aromatic nitrogens is 1. The summed E-state index contributed by atoms with van der Waals surface area (Å²) in [6.07, 6.45) is 3.35. The maximum atomic E-state index is 12.0. The predicted molar refractivity (Wildman–Crippen MR) is 64.7 cm³/mol. The van der Waals surface area contributed by atoms with E-state index in [4.69, 9.17) is 0 Å². The van der Waals surface area contributed by atoms with Crippen LogP contribution in [0.15, 0.2) is 16.9 Å². The zero-order chi connectivity index (χ0) is 13.1. The van der Waals surface area contributed by atoms with Crippen molar-refractivity contribution in [2.75, 3.05) is 11.9 Å². The van der Waals surface area contributed by atoms with Gasteiger partial charge in [0.05, 0.1) is 0 Å². The summed E-state index contributed by atoms with van der Waals surface area (Å²) in [5.41, 5.74) is 0. The van der Waals surface area contributed by atoms with Crippen LogP contribution in [0.1, 0.15) is 26.7 Å². The number of carbonyl (C=O) groups is 2. The third-order valence-corrected chi connectivity index (χ3v) is 2.78. The lowest BCUT2D eigenvalue weighted by Crippen LogP contribution is -2.41. The average molecular weight is 251 g/mol. The van der Waals surface area contributed by atoms with Crippen molar-refractivity contribution in [3.8, 4) is 0 Å². The summed E-state index contributed by atoms with van der Waals surface area (Å²) in [6, 6.07) is 1.78. The fourth-order valence-electron chi connectivity index (χ4n) is 1.72. The Hall–Kier alpha value is -1.85. The van der Waals surface area contributed by atoms with E-state index in [0.717, 1.165) is 12.8 Å². The molecule has 1 saturated carbocycles. The highest BCUT2D eigenvalue weighted by atomic mass is 16.5. The Bertz CT molecular complexity index is 424. The number of anilines is 1. The summed E-state index contributed by atoms with van der Waals surface area (Å²) < 4.78 is 4.62. The Morgan fingerprint density at radius 3 is 2.78 bits per heavy atom. The summed E-state index contributed by atoms with van der Waals surface area (Å²) in [6.45, 7) is 3.76. The van der Waals surface area contributed by atoms with Crippen molar-refractivity contribution < 1.29 is 14.1 Å². The van der Waals surface area contributed by atoms with Crippen LogP contribution in [0.25, 0.3) is 0 Å². The molecular formula is C12H17N3O3. The third-order valence-electron chi connectivity index (χ3n) is 2.78. The van der Waals surface area contributed by atoms with E-state index >= 15 is 0 Å². The second kappa shape index (κ2) is 5.20. The van der Waals surface area contributed by atoms with Crippen molar-refractivity contribution in [1.82, 2.24) is 10.1 Å². The van der Waals surface area contributed by atoms with Gasteiger partial charge in [-0.05, 0) is 12.8 Å². The van der Waals surface area contributed by atoms with Gasteiger partial charge in [0.2, 0.25) is 11.8 Å². The minimum absolute atomic E-state index is 0.0211. The number of amides is 2. The molecule has 0 unspecified atom stereocenters. The van der Waals surface area contributed by atoms with E-state index in [2.05, 4.69) is 15.0 Å². The van der Waals surface area contributed by atoms with Crippen LogP contribution in [0.2, 0.25) is 0 Å². The molecule has 1 aliphatic carbocycles. The molecule has 1 N–H and O–H groups in total. The number of nitrogens with one attached hydrogen (secondary N) is 1. The van der Waals surface area contributed by atoms with E-state index < -0.39 is 0 Å². The number of nitrogens with zero attached hydrogens (tertiary/aromatic N) is 2. The molecule has 6 nitrogen and oxygen atoms in total. The molecule has 6 heteroatoms. The summed E-state index contributed by atoms with van der Waals surface area (Å²) >= 11 is 0. The van der Waals surface area contributed by atoms with Crippen LogP contribution in [0, 0.1) is 5.92 Å². The molecule has 18 heavy (non-hydrogen) atoms. The van der Waals surface area contributed by atoms with Crippen molar-refractivity contribution >= 4 is 17.6 Å². The van der Waals surface area contributed by atoms with Gasteiger partial charge in [0.15, 0.2) is 5.82 Å². The quantitative estimate of drug-likeness (QED) is 0.854. The molecule has 0 aliphatic heterocycles. The number of hydrogen-bond acceptors (Lipinski definition) is 4. The molecule has 1 aromatic rings. The smallest absolute Gasteiger partial charge is 0.245 e. The van der Waals surface area contributed by atoms with E-state index in [1.165, 1.54) is 6.26 Å². The summed E-state index contributed by atoms with van der Waals surface area (Å²) in [4.78, 5) is 25.4. The molecule has 0 radical (unpaired) electrons. The van der Waals surface area contributed by atoms with Crippen molar-refractivity contribution in [2.24, 2.45) is 5.92 Å². The van der Waals surface area contributed by atoms with Crippen LogP contribution >= 0.6 is 0 Å². The van der Waals surface area contributed by atoms with Crippen molar-refractivity contribution in [1.29, 1.82) is 0 Å². The number of rotatable bonds is 5. The maximum absolute atomic E-state index is 12.0. The van der Waals surface area contributed by atoms with Gasteiger partial charge in [-0.3, -0.25) is 9.59 Å². The van der Waals surface area contributed by atoms with Crippen molar-refractivity contribution in [3.05, 3.63) is 12.3 Å². The van der Waals surface area contributed by atoms with E-state index in [-0.39, 0.29) is 30.3 Å². The minimum Gasteiger partial charge on any atom is -0.363 e. The van der Waals surface area contributed by atoms with Gasteiger partial charge in [0.1, 0.15) is 12.8 Å². The highest BCUT2D eigenvalue weighted by Gasteiger charge is 2.34. The van der Waals surface area contributed by atoms with E-state index in [1.807, 2.05) is 13.8 Å². The molecule has 0 atom stereocenters. The first-order chi connectivity index (χ1) is 8.58. The summed E-state index contributed by atoms with van der Waals surface area (Å²) in [5, 5.41) is 6.18. The first-order valence-corrected chi connectivity index (χ1v) is 6.08. The lowest BCUT2D eigenvalue weighted by atomic mass is 10.2. The van der Waals surface area contributed by atoms with Gasteiger partial charge >= 0.3 is 0 Å². The van der Waals surface area contributed by atoms with Crippen LogP contribution in [0.4, 0.5) is 5.82 Å². The first kappa shape index (κ1) is 12.6. The fourth-order valence-corrected chi connectivity index (χ4v) is 1.72. The van der Waals surface area contributed by atoms with Crippen molar-refractivity contribution in [3.63, 3.8) is 0 Å². The van der Waals surface area contributed by atoms with E-state index in [0.29, 0.717) is 5.82 Å². The second-order valence-electron chi connectivity index (χ2n) is 4.78. The Labute approximate surface area is 105 Å². The molecule has 0 aromatic carbocycles. The molecule has 98 valence electrons. The zero-order valence-electron chi connectivity index (χ0n) is 10.5. The monoisotopic (exact) mass is 251 g/mol. The molecule has 2 amide bonds. The number of carbonyl (C=O) groups excluding carboxylic acids is 2. The third kappa shape index (κ3) is 3.09. The van der Waals surface area contributed by atoms with Gasteiger partial charge in [-0.1, -0.05) is 19.0 Å². The van der Waals surface area contributed by atoms with E-state index in [1.54, 1.807) is 11.0 Å². The predicted octanol–water partition coefficient (Wildman–Crippen LogP) is 1.26. The van der Waals surface area contributed by atoms with Crippen LogP contribution in [-0.2, 0) is 9.59 Å². The van der Waals surface area contributed by atoms with Gasteiger partial charge in [0, 0.05) is 18.0 Å². The molecule has 0 spiro atoms. The zero-order valence-corrected chi connectivity index (χ0v) is 10.5. The van der Waals surface area contributed by atoms with Gasteiger partial charge in [0.25, 0.3) is 0 Å². The largest absolute Gasteiger partial charge is 0.363 e. The topological polar surface area (TPSA) is 75.4 Å². The van der Waals surface area contributed by atoms with Gasteiger partial charge in [-0.2, -0.15) is 0 Å². The molecule has 2 rings (SSSR count). The van der Waals surface area contributed by atoms with Crippen LogP contribution < -0.4 is 5.32 Å². The standard InChI is InChI=1S/C12H17N3O3/c1-8(2)12(17)15(9-3-4-9)7-11(16)13-10-5-6-18-14-10/h5-6,8-9H,3-4,7H2,1-2H3,(H,13,14,16). The molecule has 1 aliphatic rings. The molecular weight excluding hydrogens is 234 g/mol.